The van der Waals surface area contributed by atoms with Crippen molar-refractivity contribution in [2.45, 2.75) is 19.8 Å². The number of anilines is 1. The largest absolute Gasteiger partial charge is 0.463 e. The molecule has 0 aliphatic heterocycles. The second kappa shape index (κ2) is 6.91. The smallest absolute Gasteiger partial charge is 0.252 e. The number of rotatable bonds is 4. The van der Waals surface area contributed by atoms with E-state index < -0.39 is 0 Å². The van der Waals surface area contributed by atoms with E-state index >= 15 is 0 Å². The minimum absolute atomic E-state index is 0.0395. The number of nitriles is 1. The van der Waals surface area contributed by atoms with Crippen LogP contribution in [-0.4, -0.2) is 11.2 Å². The van der Waals surface area contributed by atoms with Gasteiger partial charge in [0.25, 0.3) is 5.88 Å². The molecule has 0 fully saturated rings. The Labute approximate surface area is 151 Å². The summed E-state index contributed by atoms with van der Waals surface area (Å²) in [4.78, 5) is 16.5. The fourth-order valence-corrected chi connectivity index (χ4v) is 2.46. The van der Waals surface area contributed by atoms with Crippen LogP contribution in [0.25, 0.3) is 11.0 Å². The van der Waals surface area contributed by atoms with Gasteiger partial charge in [0.05, 0.1) is 17.2 Å². The Morgan fingerprint density at radius 1 is 1.44 bits per heavy atom. The first kappa shape index (κ1) is 16.9. The molecule has 0 atom stereocenters. The van der Waals surface area contributed by atoms with Gasteiger partial charge >= 0.3 is 0 Å². The monoisotopic (exact) mass is 400 g/mol. The minimum atomic E-state index is -0.214. The SMILES string of the molecule is CC(C)c1nc(C#N)c(NN=Cc2coc3ccc(Br)cc3c2=O)o1. The predicted molar refractivity (Wildman–Crippen MR) is 96.7 cm³/mol. The van der Waals surface area contributed by atoms with Gasteiger partial charge in [-0.15, -0.1) is 0 Å². The molecule has 2 heterocycles. The third-order valence-corrected chi connectivity index (χ3v) is 3.87. The van der Waals surface area contributed by atoms with Gasteiger partial charge in [-0.3, -0.25) is 4.79 Å². The van der Waals surface area contributed by atoms with Gasteiger partial charge in [-0.05, 0) is 18.2 Å². The first-order chi connectivity index (χ1) is 12.0. The maximum absolute atomic E-state index is 12.5. The summed E-state index contributed by atoms with van der Waals surface area (Å²) in [5.41, 5.74) is 3.25. The number of benzene rings is 1. The van der Waals surface area contributed by atoms with Crippen LogP contribution in [0.5, 0.6) is 0 Å². The van der Waals surface area contributed by atoms with Gasteiger partial charge in [-0.1, -0.05) is 29.8 Å². The van der Waals surface area contributed by atoms with Gasteiger partial charge in [-0.25, -0.2) is 10.4 Å². The quantitative estimate of drug-likeness (QED) is 0.524. The number of hydrogen-bond acceptors (Lipinski definition) is 7. The van der Waals surface area contributed by atoms with Crippen LogP contribution in [0.15, 0.2) is 47.7 Å². The molecule has 0 amide bonds. The number of fused-ring (bicyclic) bond motifs is 1. The van der Waals surface area contributed by atoms with E-state index in [1.54, 1.807) is 18.2 Å². The summed E-state index contributed by atoms with van der Waals surface area (Å²) in [5, 5.41) is 13.5. The first-order valence-corrected chi connectivity index (χ1v) is 8.20. The standard InChI is InChI=1S/C17H13BrN4O3/c1-9(2)16-21-13(6-19)17(25-16)22-20-7-10-8-24-14-4-3-11(18)5-12(14)15(10)23/h3-5,7-9,22H,1-2H3. The Balaban J connectivity index is 1.88. The molecule has 0 spiro atoms. The Kier molecular flexibility index (Phi) is 4.67. The fourth-order valence-electron chi connectivity index (χ4n) is 2.10. The molecule has 0 saturated heterocycles. The Morgan fingerprint density at radius 2 is 2.24 bits per heavy atom. The van der Waals surface area contributed by atoms with E-state index in [1.165, 1.54) is 12.5 Å². The van der Waals surface area contributed by atoms with Crippen LogP contribution in [0, 0.1) is 11.3 Å². The van der Waals surface area contributed by atoms with Gasteiger partial charge in [-0.2, -0.15) is 10.4 Å². The number of nitrogens with zero attached hydrogens (tertiary/aromatic N) is 3. The molecule has 7 nitrogen and oxygen atoms in total. The molecule has 2 aromatic heterocycles. The number of oxazole rings is 1. The topological polar surface area (TPSA) is 104 Å². The van der Waals surface area contributed by atoms with Crippen LogP contribution in [-0.2, 0) is 0 Å². The lowest BCUT2D eigenvalue weighted by Crippen LogP contribution is -2.08. The van der Waals surface area contributed by atoms with Gasteiger partial charge in [0.2, 0.25) is 17.0 Å². The van der Waals surface area contributed by atoms with Crippen LogP contribution in [0.3, 0.4) is 0 Å². The van der Waals surface area contributed by atoms with Gasteiger partial charge in [0.15, 0.2) is 0 Å². The third-order valence-electron chi connectivity index (χ3n) is 3.37. The molecule has 25 heavy (non-hydrogen) atoms. The summed E-state index contributed by atoms with van der Waals surface area (Å²) in [6.45, 7) is 3.80. The van der Waals surface area contributed by atoms with Crippen molar-refractivity contribution in [1.82, 2.24) is 4.98 Å². The Morgan fingerprint density at radius 3 is 2.96 bits per heavy atom. The predicted octanol–water partition coefficient (Wildman–Crippen LogP) is 3.98. The number of nitrogens with one attached hydrogen (secondary N) is 1. The summed E-state index contributed by atoms with van der Waals surface area (Å²) in [6, 6.07) is 7.12. The highest BCUT2D eigenvalue weighted by molar-refractivity contribution is 9.10. The Bertz CT molecular complexity index is 1060. The normalized spacial score (nSPS) is 11.3. The lowest BCUT2D eigenvalue weighted by atomic mass is 10.2. The summed E-state index contributed by atoms with van der Waals surface area (Å²) in [7, 11) is 0. The zero-order valence-electron chi connectivity index (χ0n) is 13.4. The maximum atomic E-state index is 12.5. The summed E-state index contributed by atoms with van der Waals surface area (Å²) < 4.78 is 11.7. The fraction of sp³-hybridized carbons (Fsp3) is 0.176. The molecule has 0 radical (unpaired) electrons. The van der Waals surface area contributed by atoms with Gasteiger partial charge in [0, 0.05) is 10.4 Å². The molecule has 0 aliphatic carbocycles. The van der Waals surface area contributed by atoms with E-state index in [9.17, 15) is 4.79 Å². The molecule has 3 aromatic rings. The van der Waals surface area contributed by atoms with E-state index in [2.05, 4.69) is 31.4 Å². The average Bonchev–Trinajstić information content (AvgIpc) is 3.01. The second-order valence-corrected chi connectivity index (χ2v) is 6.44. The molecule has 1 N–H and O–H groups in total. The van der Waals surface area contributed by atoms with E-state index in [0.29, 0.717) is 16.9 Å². The van der Waals surface area contributed by atoms with E-state index in [1.807, 2.05) is 19.9 Å². The zero-order chi connectivity index (χ0) is 18.0. The minimum Gasteiger partial charge on any atom is -0.463 e. The number of hydrazone groups is 1. The van der Waals surface area contributed by atoms with E-state index in [4.69, 9.17) is 14.1 Å². The summed E-state index contributed by atoms with van der Waals surface area (Å²) in [5.74, 6) is 0.609. The lowest BCUT2D eigenvalue weighted by Gasteiger charge is -1.99. The molecule has 8 heteroatoms. The van der Waals surface area contributed by atoms with E-state index in [-0.39, 0.29) is 28.5 Å². The average molecular weight is 401 g/mol. The van der Waals surface area contributed by atoms with Crippen LogP contribution >= 0.6 is 15.9 Å². The highest BCUT2D eigenvalue weighted by Crippen LogP contribution is 2.22. The summed E-state index contributed by atoms with van der Waals surface area (Å²) >= 11 is 3.33. The van der Waals surface area contributed by atoms with Crippen LogP contribution in [0.1, 0.15) is 36.9 Å². The maximum Gasteiger partial charge on any atom is 0.252 e. The van der Waals surface area contributed by atoms with E-state index in [0.717, 1.165) is 4.47 Å². The molecule has 3 rings (SSSR count). The van der Waals surface area contributed by atoms with Crippen LogP contribution in [0.2, 0.25) is 0 Å². The van der Waals surface area contributed by atoms with Crippen molar-refractivity contribution < 1.29 is 8.83 Å². The molecule has 0 saturated carbocycles. The molecular formula is C17H13BrN4O3. The van der Waals surface area contributed by atoms with Crippen molar-refractivity contribution in [3.63, 3.8) is 0 Å². The number of hydrogen-bond donors (Lipinski definition) is 1. The zero-order valence-corrected chi connectivity index (χ0v) is 15.0. The number of halogens is 1. The van der Waals surface area contributed by atoms with Crippen molar-refractivity contribution in [2.75, 3.05) is 5.43 Å². The molecule has 1 aromatic carbocycles. The lowest BCUT2D eigenvalue weighted by molar-refractivity contribution is 0.481. The van der Waals surface area contributed by atoms with Crippen molar-refractivity contribution in [3.05, 3.63) is 56.3 Å². The Hall–Kier alpha value is -2.92. The van der Waals surface area contributed by atoms with Gasteiger partial charge < -0.3 is 8.83 Å². The molecule has 0 unspecified atom stereocenters. The highest BCUT2D eigenvalue weighted by atomic mass is 79.9. The molecule has 126 valence electrons. The van der Waals surface area contributed by atoms with Gasteiger partial charge in [0.1, 0.15) is 17.9 Å². The third kappa shape index (κ3) is 3.46. The van der Waals surface area contributed by atoms with Crippen molar-refractivity contribution in [2.24, 2.45) is 5.10 Å². The molecule has 0 bridgehead atoms. The first-order valence-electron chi connectivity index (χ1n) is 7.40. The highest BCUT2D eigenvalue weighted by Gasteiger charge is 2.14. The van der Waals surface area contributed by atoms with Crippen molar-refractivity contribution in [3.8, 4) is 6.07 Å². The van der Waals surface area contributed by atoms with Crippen molar-refractivity contribution >= 4 is 39.0 Å². The molecular weight excluding hydrogens is 388 g/mol. The summed E-state index contributed by atoms with van der Waals surface area (Å²) in [6.07, 6.45) is 2.64. The molecule has 0 aliphatic rings. The number of aromatic nitrogens is 1. The van der Waals surface area contributed by atoms with Crippen LogP contribution < -0.4 is 10.9 Å². The van der Waals surface area contributed by atoms with Crippen molar-refractivity contribution in [1.29, 1.82) is 5.26 Å². The van der Waals surface area contributed by atoms with Crippen LogP contribution in [0.4, 0.5) is 5.88 Å². The second-order valence-electron chi connectivity index (χ2n) is 5.53.